The van der Waals surface area contributed by atoms with E-state index in [2.05, 4.69) is 4.72 Å². The van der Waals surface area contributed by atoms with Crippen molar-refractivity contribution in [3.05, 3.63) is 24.3 Å². The summed E-state index contributed by atoms with van der Waals surface area (Å²) in [6, 6.07) is 4.67. The molecule has 0 aromatic heterocycles. The van der Waals surface area contributed by atoms with Crippen LogP contribution in [0.3, 0.4) is 0 Å². The van der Waals surface area contributed by atoms with Crippen LogP contribution in [0.2, 0.25) is 0 Å². The molecule has 0 spiro atoms. The SMILES string of the molecule is CCC(CC)NS(=O)(=O)c1ccc(S(N)(=O)=O)cc1. The van der Waals surface area contributed by atoms with Crippen LogP contribution in [0.25, 0.3) is 0 Å². The van der Waals surface area contributed by atoms with Gasteiger partial charge in [-0.15, -0.1) is 0 Å². The van der Waals surface area contributed by atoms with Crippen molar-refractivity contribution >= 4 is 20.0 Å². The summed E-state index contributed by atoms with van der Waals surface area (Å²) in [6.07, 6.45) is 1.37. The minimum atomic E-state index is -3.81. The number of nitrogens with two attached hydrogens (primary N) is 1. The molecule has 1 aromatic rings. The lowest BCUT2D eigenvalue weighted by Gasteiger charge is -2.15. The van der Waals surface area contributed by atoms with E-state index in [1.807, 2.05) is 13.8 Å². The summed E-state index contributed by atoms with van der Waals surface area (Å²) in [5.41, 5.74) is 0. The van der Waals surface area contributed by atoms with Crippen molar-refractivity contribution in [2.24, 2.45) is 5.14 Å². The predicted octanol–water partition coefficient (Wildman–Crippen LogP) is 0.801. The Balaban J connectivity index is 3.04. The van der Waals surface area contributed by atoms with Crippen molar-refractivity contribution in [1.29, 1.82) is 0 Å². The summed E-state index contributed by atoms with van der Waals surface area (Å²) in [6.45, 7) is 3.78. The van der Waals surface area contributed by atoms with Gasteiger partial charge in [-0.1, -0.05) is 13.8 Å². The molecular weight excluding hydrogens is 288 g/mol. The molecule has 0 amide bonds. The monoisotopic (exact) mass is 306 g/mol. The Bertz CT molecular complexity index is 617. The zero-order chi connectivity index (χ0) is 14.7. The van der Waals surface area contributed by atoms with Gasteiger partial charge in [0, 0.05) is 6.04 Å². The summed E-state index contributed by atoms with van der Waals surface area (Å²) in [5, 5.41) is 4.95. The van der Waals surface area contributed by atoms with Crippen LogP contribution in [-0.2, 0) is 20.0 Å². The van der Waals surface area contributed by atoms with Crippen molar-refractivity contribution in [3.63, 3.8) is 0 Å². The molecule has 6 nitrogen and oxygen atoms in total. The highest BCUT2D eigenvalue weighted by molar-refractivity contribution is 7.89. The molecule has 8 heteroatoms. The van der Waals surface area contributed by atoms with Gasteiger partial charge in [0.05, 0.1) is 9.79 Å². The fourth-order valence-corrected chi connectivity index (χ4v) is 3.47. The Morgan fingerprint density at radius 1 is 1.00 bits per heavy atom. The number of hydrogen-bond acceptors (Lipinski definition) is 4. The van der Waals surface area contributed by atoms with E-state index in [-0.39, 0.29) is 15.8 Å². The molecule has 108 valence electrons. The average Bonchev–Trinajstić information content (AvgIpc) is 2.35. The van der Waals surface area contributed by atoms with E-state index in [0.717, 1.165) is 0 Å². The number of hydrogen-bond donors (Lipinski definition) is 2. The lowest BCUT2D eigenvalue weighted by molar-refractivity contribution is 0.530. The zero-order valence-corrected chi connectivity index (χ0v) is 12.5. The molecule has 0 unspecified atom stereocenters. The number of primary sulfonamides is 1. The Morgan fingerprint density at radius 3 is 1.79 bits per heavy atom. The Labute approximate surface area is 114 Å². The van der Waals surface area contributed by atoms with E-state index >= 15 is 0 Å². The van der Waals surface area contributed by atoms with Gasteiger partial charge in [-0.05, 0) is 37.1 Å². The van der Waals surface area contributed by atoms with Gasteiger partial charge in [0.25, 0.3) is 0 Å². The summed E-state index contributed by atoms with van der Waals surface area (Å²) in [5.74, 6) is 0. The Kier molecular flexibility index (Phi) is 5.08. The van der Waals surface area contributed by atoms with Gasteiger partial charge >= 0.3 is 0 Å². The third kappa shape index (κ3) is 4.27. The molecule has 0 heterocycles. The standard InChI is InChI=1S/C11H18N2O4S2/c1-3-9(4-2)13-19(16,17)11-7-5-10(6-8-11)18(12,14)15/h5-9,13H,3-4H2,1-2H3,(H2,12,14,15). The van der Waals surface area contributed by atoms with Crippen molar-refractivity contribution in [2.45, 2.75) is 42.5 Å². The van der Waals surface area contributed by atoms with Gasteiger partial charge in [0.15, 0.2) is 0 Å². The molecule has 0 fully saturated rings. The van der Waals surface area contributed by atoms with Crippen LogP contribution in [0, 0.1) is 0 Å². The predicted molar refractivity (Wildman–Crippen MR) is 72.5 cm³/mol. The van der Waals surface area contributed by atoms with Gasteiger partial charge in [-0.25, -0.2) is 26.7 Å². The lowest BCUT2D eigenvalue weighted by atomic mass is 10.2. The first-order valence-corrected chi connectivity index (χ1v) is 8.88. The molecule has 0 aliphatic heterocycles. The van der Waals surface area contributed by atoms with Gasteiger partial charge in [0.2, 0.25) is 20.0 Å². The summed E-state index contributed by atoms with van der Waals surface area (Å²) in [7, 11) is -7.44. The van der Waals surface area contributed by atoms with Crippen molar-refractivity contribution < 1.29 is 16.8 Å². The summed E-state index contributed by atoms with van der Waals surface area (Å²) in [4.78, 5) is -0.0965. The molecule has 1 rings (SSSR count). The Hall–Kier alpha value is -0.960. The largest absolute Gasteiger partial charge is 0.240 e. The van der Waals surface area contributed by atoms with Crippen LogP contribution in [0.1, 0.15) is 26.7 Å². The van der Waals surface area contributed by atoms with Gasteiger partial charge in [-0.3, -0.25) is 0 Å². The van der Waals surface area contributed by atoms with E-state index in [4.69, 9.17) is 5.14 Å². The lowest BCUT2D eigenvalue weighted by Crippen LogP contribution is -2.33. The van der Waals surface area contributed by atoms with Gasteiger partial charge in [0.1, 0.15) is 0 Å². The second-order valence-corrected chi connectivity index (χ2v) is 7.43. The third-order valence-corrected chi connectivity index (χ3v) is 5.24. The van der Waals surface area contributed by atoms with E-state index in [1.54, 1.807) is 0 Å². The number of benzene rings is 1. The molecule has 19 heavy (non-hydrogen) atoms. The zero-order valence-electron chi connectivity index (χ0n) is 10.8. The fourth-order valence-electron chi connectivity index (χ4n) is 1.55. The highest BCUT2D eigenvalue weighted by atomic mass is 32.2. The molecule has 0 aliphatic rings. The van der Waals surface area contributed by atoms with E-state index < -0.39 is 20.0 Å². The summed E-state index contributed by atoms with van der Waals surface area (Å²) < 4.78 is 48.8. The minimum absolute atomic E-state index is 0.0202. The van der Waals surface area contributed by atoms with Crippen LogP contribution < -0.4 is 9.86 Å². The molecule has 0 radical (unpaired) electrons. The maximum Gasteiger partial charge on any atom is 0.240 e. The quantitative estimate of drug-likeness (QED) is 0.810. The topological polar surface area (TPSA) is 106 Å². The van der Waals surface area contributed by atoms with Crippen LogP contribution >= 0.6 is 0 Å². The highest BCUT2D eigenvalue weighted by Crippen LogP contribution is 2.14. The molecule has 1 aromatic carbocycles. The molecule has 0 bridgehead atoms. The first-order chi connectivity index (χ1) is 8.70. The molecule has 0 aliphatic carbocycles. The van der Waals surface area contributed by atoms with Crippen LogP contribution in [0.5, 0.6) is 0 Å². The molecule has 0 atom stereocenters. The number of sulfonamides is 2. The second kappa shape index (κ2) is 6.00. The highest BCUT2D eigenvalue weighted by Gasteiger charge is 2.18. The first-order valence-electron chi connectivity index (χ1n) is 5.86. The third-order valence-electron chi connectivity index (χ3n) is 2.77. The van der Waals surface area contributed by atoms with E-state index in [0.29, 0.717) is 12.8 Å². The van der Waals surface area contributed by atoms with Crippen molar-refractivity contribution in [3.8, 4) is 0 Å². The minimum Gasteiger partial charge on any atom is -0.225 e. The van der Waals surface area contributed by atoms with Crippen molar-refractivity contribution in [2.75, 3.05) is 0 Å². The molecule has 0 saturated heterocycles. The van der Waals surface area contributed by atoms with Crippen LogP contribution in [-0.4, -0.2) is 22.9 Å². The van der Waals surface area contributed by atoms with Crippen LogP contribution in [0.4, 0.5) is 0 Å². The van der Waals surface area contributed by atoms with E-state index in [9.17, 15) is 16.8 Å². The van der Waals surface area contributed by atoms with Crippen LogP contribution in [0.15, 0.2) is 34.1 Å². The van der Waals surface area contributed by atoms with E-state index in [1.165, 1.54) is 24.3 Å². The fraction of sp³-hybridized carbons (Fsp3) is 0.455. The maximum atomic E-state index is 12.0. The Morgan fingerprint density at radius 2 is 1.42 bits per heavy atom. The van der Waals surface area contributed by atoms with Gasteiger partial charge < -0.3 is 0 Å². The smallest absolute Gasteiger partial charge is 0.225 e. The van der Waals surface area contributed by atoms with Crippen molar-refractivity contribution in [1.82, 2.24) is 4.72 Å². The first kappa shape index (κ1) is 16.1. The molecular formula is C11H18N2O4S2. The molecule has 0 saturated carbocycles. The maximum absolute atomic E-state index is 12.0. The van der Waals surface area contributed by atoms with Gasteiger partial charge in [-0.2, -0.15) is 0 Å². The summed E-state index contributed by atoms with van der Waals surface area (Å²) >= 11 is 0. The number of rotatable bonds is 6. The average molecular weight is 306 g/mol. The molecule has 3 N–H and O–H groups in total. The normalized spacial score (nSPS) is 12.8. The number of nitrogens with one attached hydrogen (secondary N) is 1. The second-order valence-electron chi connectivity index (χ2n) is 4.15.